The predicted octanol–water partition coefficient (Wildman–Crippen LogP) is 3.69. The van der Waals surface area contributed by atoms with Crippen LogP contribution >= 0.6 is 22.7 Å². The minimum Gasteiger partial charge on any atom is -0.477 e. The van der Waals surface area contributed by atoms with E-state index in [0.717, 1.165) is 23.5 Å². The van der Waals surface area contributed by atoms with Crippen LogP contribution < -0.4 is 0 Å². The number of carbonyl (C=O) groups is 1. The van der Waals surface area contributed by atoms with Crippen LogP contribution in [0.15, 0.2) is 17.5 Å². The highest BCUT2D eigenvalue weighted by atomic mass is 32.1. The Labute approximate surface area is 114 Å². The Morgan fingerprint density at radius 2 is 2.28 bits per heavy atom. The van der Waals surface area contributed by atoms with Gasteiger partial charge in [-0.15, -0.1) is 22.7 Å². The summed E-state index contributed by atoms with van der Waals surface area (Å²) in [5, 5.41) is 12.1. The maximum atomic E-state index is 11.2. The number of aromatic carboxylic acids is 1. The number of nitrogens with zero attached hydrogens (tertiary/aromatic N) is 1. The maximum Gasteiger partial charge on any atom is 0.347 e. The van der Waals surface area contributed by atoms with Crippen LogP contribution in [0.4, 0.5) is 0 Å². The second-order valence-electron chi connectivity index (χ2n) is 4.54. The fraction of sp³-hybridized carbons (Fsp3) is 0.385. The first-order chi connectivity index (χ1) is 8.56. The maximum absolute atomic E-state index is 11.2. The topological polar surface area (TPSA) is 50.2 Å². The van der Waals surface area contributed by atoms with E-state index >= 15 is 0 Å². The van der Waals surface area contributed by atoms with Gasteiger partial charge in [0.1, 0.15) is 4.88 Å². The van der Waals surface area contributed by atoms with Crippen molar-refractivity contribution in [3.8, 4) is 0 Å². The quantitative estimate of drug-likeness (QED) is 0.909. The summed E-state index contributed by atoms with van der Waals surface area (Å²) in [4.78, 5) is 17.3. The molecule has 0 aromatic carbocycles. The lowest BCUT2D eigenvalue weighted by atomic mass is 10.1. The summed E-state index contributed by atoms with van der Waals surface area (Å²) in [6, 6.07) is 4.05. The molecule has 3 nitrogen and oxygen atoms in total. The summed E-state index contributed by atoms with van der Waals surface area (Å²) >= 11 is 2.98. The lowest BCUT2D eigenvalue weighted by Gasteiger charge is -2.01. The summed E-state index contributed by atoms with van der Waals surface area (Å²) in [5.41, 5.74) is 0.731. The minimum atomic E-state index is -0.861. The van der Waals surface area contributed by atoms with E-state index in [1.165, 1.54) is 16.2 Å². The van der Waals surface area contributed by atoms with Gasteiger partial charge < -0.3 is 5.11 Å². The van der Waals surface area contributed by atoms with Gasteiger partial charge in [0.05, 0.1) is 10.7 Å². The molecular weight excluding hydrogens is 266 g/mol. The summed E-state index contributed by atoms with van der Waals surface area (Å²) < 4.78 is 0. The molecule has 5 heteroatoms. The fourth-order valence-electron chi connectivity index (χ4n) is 1.73. The molecule has 0 aliphatic carbocycles. The van der Waals surface area contributed by atoms with Crippen LogP contribution in [0, 0.1) is 5.92 Å². The Kier molecular flexibility index (Phi) is 4.14. The lowest BCUT2D eigenvalue weighted by molar-refractivity contribution is 0.0700. The molecular formula is C13H15NO2S2. The van der Waals surface area contributed by atoms with E-state index in [1.54, 1.807) is 11.3 Å². The average molecular weight is 281 g/mol. The van der Waals surface area contributed by atoms with Crippen molar-refractivity contribution in [2.75, 3.05) is 0 Å². The smallest absolute Gasteiger partial charge is 0.347 e. The number of hydrogen-bond donors (Lipinski definition) is 1. The monoisotopic (exact) mass is 281 g/mol. The molecule has 0 amide bonds. The first kappa shape index (κ1) is 13.2. The van der Waals surface area contributed by atoms with Gasteiger partial charge in [-0.1, -0.05) is 19.9 Å². The van der Waals surface area contributed by atoms with Crippen molar-refractivity contribution in [1.82, 2.24) is 4.98 Å². The molecule has 0 bridgehead atoms. The third-order valence-corrected chi connectivity index (χ3v) is 4.41. The van der Waals surface area contributed by atoms with E-state index in [9.17, 15) is 9.90 Å². The molecule has 0 unspecified atom stereocenters. The molecule has 2 rings (SSSR count). The predicted molar refractivity (Wildman–Crippen MR) is 74.7 cm³/mol. The molecule has 1 N–H and O–H groups in total. The molecule has 0 fully saturated rings. The van der Waals surface area contributed by atoms with E-state index in [4.69, 9.17) is 0 Å². The van der Waals surface area contributed by atoms with Crippen LogP contribution in [-0.2, 0) is 12.8 Å². The summed E-state index contributed by atoms with van der Waals surface area (Å²) in [6.45, 7) is 4.15. The average Bonchev–Trinajstić information content (AvgIpc) is 2.87. The molecule has 0 atom stereocenters. The minimum absolute atomic E-state index is 0.398. The summed E-state index contributed by atoms with van der Waals surface area (Å²) in [6.07, 6.45) is 1.46. The molecule has 96 valence electrons. The molecule has 18 heavy (non-hydrogen) atoms. The van der Waals surface area contributed by atoms with Gasteiger partial charge in [-0.05, 0) is 23.8 Å². The fourth-order valence-corrected chi connectivity index (χ4v) is 3.48. The zero-order valence-electron chi connectivity index (χ0n) is 10.3. The van der Waals surface area contributed by atoms with Crippen molar-refractivity contribution < 1.29 is 9.90 Å². The van der Waals surface area contributed by atoms with Crippen LogP contribution in [0.3, 0.4) is 0 Å². The highest BCUT2D eigenvalue weighted by molar-refractivity contribution is 7.14. The molecule has 0 saturated heterocycles. The largest absolute Gasteiger partial charge is 0.477 e. The Balaban J connectivity index is 2.24. The van der Waals surface area contributed by atoms with Gasteiger partial charge in [0.25, 0.3) is 0 Å². The Morgan fingerprint density at radius 1 is 1.50 bits per heavy atom. The van der Waals surface area contributed by atoms with E-state index in [-0.39, 0.29) is 0 Å². The molecule has 0 saturated carbocycles. The van der Waals surface area contributed by atoms with Crippen LogP contribution in [0.5, 0.6) is 0 Å². The highest BCUT2D eigenvalue weighted by Crippen LogP contribution is 2.24. The van der Waals surface area contributed by atoms with Crippen molar-refractivity contribution in [2.24, 2.45) is 5.92 Å². The lowest BCUT2D eigenvalue weighted by Crippen LogP contribution is -2.02. The Morgan fingerprint density at radius 3 is 2.83 bits per heavy atom. The second-order valence-corrected chi connectivity index (χ2v) is 6.66. The summed E-state index contributed by atoms with van der Waals surface area (Å²) in [5.74, 6) is -0.444. The third-order valence-electron chi connectivity index (χ3n) is 2.44. The number of rotatable bonds is 5. The SMILES string of the molecule is CC(C)Cc1nc(Cc2cccs2)sc1C(=O)O. The van der Waals surface area contributed by atoms with Gasteiger partial charge in [-0.2, -0.15) is 0 Å². The normalized spacial score (nSPS) is 11.1. The third kappa shape index (κ3) is 3.17. The van der Waals surface area contributed by atoms with Gasteiger partial charge in [-0.25, -0.2) is 9.78 Å². The van der Waals surface area contributed by atoms with E-state index < -0.39 is 5.97 Å². The van der Waals surface area contributed by atoms with Crippen molar-refractivity contribution in [3.05, 3.63) is 38.0 Å². The number of carboxylic acid groups (broad SMARTS) is 1. The van der Waals surface area contributed by atoms with Gasteiger partial charge in [-0.3, -0.25) is 0 Å². The first-order valence-electron chi connectivity index (χ1n) is 5.80. The van der Waals surface area contributed by atoms with Crippen LogP contribution in [-0.4, -0.2) is 16.1 Å². The molecule has 2 aromatic rings. The summed E-state index contributed by atoms with van der Waals surface area (Å²) in [7, 11) is 0. The van der Waals surface area contributed by atoms with E-state index in [0.29, 0.717) is 10.8 Å². The standard InChI is InChI=1S/C13H15NO2S2/c1-8(2)6-10-12(13(15)16)18-11(14-10)7-9-4-3-5-17-9/h3-5,8H,6-7H2,1-2H3,(H,15,16). The van der Waals surface area contributed by atoms with Crippen LogP contribution in [0.2, 0.25) is 0 Å². The van der Waals surface area contributed by atoms with Gasteiger partial charge >= 0.3 is 5.97 Å². The molecule has 2 heterocycles. The highest BCUT2D eigenvalue weighted by Gasteiger charge is 2.18. The Hall–Kier alpha value is -1.20. The van der Waals surface area contributed by atoms with Crippen LogP contribution in [0.25, 0.3) is 0 Å². The first-order valence-corrected chi connectivity index (χ1v) is 7.50. The number of carboxylic acids is 1. The van der Waals surface area contributed by atoms with E-state index in [1.807, 2.05) is 11.4 Å². The number of hydrogen-bond acceptors (Lipinski definition) is 4. The zero-order chi connectivity index (χ0) is 13.1. The molecule has 0 radical (unpaired) electrons. The second kappa shape index (κ2) is 5.63. The number of aromatic nitrogens is 1. The van der Waals surface area contributed by atoms with E-state index in [2.05, 4.69) is 24.9 Å². The van der Waals surface area contributed by atoms with Crippen molar-refractivity contribution in [2.45, 2.75) is 26.7 Å². The van der Waals surface area contributed by atoms with Gasteiger partial charge in [0.2, 0.25) is 0 Å². The Bertz CT molecular complexity index is 529. The molecule has 0 aliphatic rings. The van der Waals surface area contributed by atoms with Gasteiger partial charge in [0, 0.05) is 11.3 Å². The molecule has 0 aliphatic heterocycles. The molecule has 2 aromatic heterocycles. The van der Waals surface area contributed by atoms with Crippen LogP contribution in [0.1, 0.15) is 39.1 Å². The number of thiophene rings is 1. The van der Waals surface area contributed by atoms with Crippen molar-refractivity contribution >= 4 is 28.6 Å². The van der Waals surface area contributed by atoms with Crippen molar-refractivity contribution in [1.29, 1.82) is 0 Å². The number of thiazole rings is 1. The van der Waals surface area contributed by atoms with Crippen molar-refractivity contribution in [3.63, 3.8) is 0 Å². The zero-order valence-corrected chi connectivity index (χ0v) is 12.0. The molecule has 0 spiro atoms. The van der Waals surface area contributed by atoms with Gasteiger partial charge in [0.15, 0.2) is 0 Å².